The van der Waals surface area contributed by atoms with Gasteiger partial charge in [0.25, 0.3) is 0 Å². The Balaban J connectivity index is 1.60. The van der Waals surface area contributed by atoms with Gasteiger partial charge in [0.2, 0.25) is 11.8 Å². The Labute approximate surface area is 146 Å². The van der Waals surface area contributed by atoms with Gasteiger partial charge >= 0.3 is 0 Å². The maximum atomic E-state index is 12.4. The predicted octanol–water partition coefficient (Wildman–Crippen LogP) is 3.32. The normalized spacial score (nSPS) is 17.2. The maximum Gasteiger partial charge on any atom is 0.227 e. The molecule has 1 atom stereocenters. The summed E-state index contributed by atoms with van der Waals surface area (Å²) in [5.41, 5.74) is 2.99. The number of hydrogen-bond donors (Lipinski definition) is 1. The molecule has 1 heterocycles. The van der Waals surface area contributed by atoms with Gasteiger partial charge in [-0.1, -0.05) is 41.4 Å². The first-order chi connectivity index (χ1) is 11.5. The lowest BCUT2D eigenvalue weighted by Crippen LogP contribution is -2.32. The lowest BCUT2D eigenvalue weighted by molar-refractivity contribution is -0.126. The summed E-state index contributed by atoms with van der Waals surface area (Å²) in [6.07, 6.45) is 0.238. The number of nitrogens with one attached hydrogen (secondary N) is 1. The van der Waals surface area contributed by atoms with E-state index in [-0.39, 0.29) is 24.2 Å². The molecule has 3 rings (SSSR count). The first-order valence-corrected chi connectivity index (χ1v) is 8.30. The van der Waals surface area contributed by atoms with Crippen molar-refractivity contribution < 1.29 is 9.59 Å². The minimum Gasteiger partial charge on any atom is -0.352 e. The molecule has 1 saturated heterocycles. The molecule has 2 amide bonds. The zero-order valence-electron chi connectivity index (χ0n) is 13.5. The van der Waals surface area contributed by atoms with Crippen molar-refractivity contribution in [3.05, 3.63) is 64.7 Å². The van der Waals surface area contributed by atoms with Crippen molar-refractivity contribution in [2.45, 2.75) is 19.9 Å². The number of anilines is 1. The molecule has 1 aliphatic heterocycles. The highest BCUT2D eigenvalue weighted by Crippen LogP contribution is 2.26. The van der Waals surface area contributed by atoms with Crippen LogP contribution in [0.15, 0.2) is 48.5 Å². The van der Waals surface area contributed by atoms with Crippen molar-refractivity contribution in [2.24, 2.45) is 5.92 Å². The van der Waals surface area contributed by atoms with Crippen LogP contribution in [-0.2, 0) is 16.1 Å². The highest BCUT2D eigenvalue weighted by atomic mass is 35.5. The first-order valence-electron chi connectivity index (χ1n) is 7.92. The van der Waals surface area contributed by atoms with Crippen molar-refractivity contribution in [1.29, 1.82) is 0 Å². The summed E-state index contributed by atoms with van der Waals surface area (Å²) >= 11 is 5.88. The number of amides is 2. The second-order valence-corrected chi connectivity index (χ2v) is 6.53. The van der Waals surface area contributed by atoms with Gasteiger partial charge in [-0.15, -0.1) is 0 Å². The zero-order chi connectivity index (χ0) is 17.1. The molecule has 2 aromatic carbocycles. The average Bonchev–Trinajstić information content (AvgIpc) is 2.95. The van der Waals surface area contributed by atoms with E-state index >= 15 is 0 Å². The van der Waals surface area contributed by atoms with Crippen LogP contribution < -0.4 is 10.2 Å². The quantitative estimate of drug-likeness (QED) is 0.926. The Hall–Kier alpha value is -2.33. The molecule has 0 spiro atoms. The number of rotatable bonds is 4. The van der Waals surface area contributed by atoms with Crippen LogP contribution in [0.1, 0.15) is 17.5 Å². The van der Waals surface area contributed by atoms with Crippen LogP contribution in [0.2, 0.25) is 5.02 Å². The minimum atomic E-state index is -0.321. The average molecular weight is 343 g/mol. The first kappa shape index (κ1) is 16.5. The number of benzene rings is 2. The third kappa shape index (κ3) is 3.77. The highest BCUT2D eigenvalue weighted by molar-refractivity contribution is 6.30. The van der Waals surface area contributed by atoms with Crippen LogP contribution in [0.5, 0.6) is 0 Å². The Morgan fingerprint density at radius 3 is 2.71 bits per heavy atom. The Kier molecular flexibility index (Phi) is 4.86. The molecule has 0 radical (unpaired) electrons. The Morgan fingerprint density at radius 1 is 1.25 bits per heavy atom. The van der Waals surface area contributed by atoms with Gasteiger partial charge in [0.1, 0.15) is 0 Å². The Bertz CT molecular complexity index is 758. The summed E-state index contributed by atoms with van der Waals surface area (Å²) in [6, 6.07) is 15.1. The van der Waals surface area contributed by atoms with E-state index in [1.165, 1.54) is 0 Å². The van der Waals surface area contributed by atoms with Crippen molar-refractivity contribution in [1.82, 2.24) is 5.32 Å². The van der Waals surface area contributed by atoms with Gasteiger partial charge in [-0.3, -0.25) is 9.59 Å². The van der Waals surface area contributed by atoms with Crippen molar-refractivity contribution >= 4 is 29.1 Å². The van der Waals surface area contributed by atoms with E-state index in [2.05, 4.69) is 5.32 Å². The highest BCUT2D eigenvalue weighted by Gasteiger charge is 2.34. The lowest BCUT2D eigenvalue weighted by atomic mass is 10.1. The largest absolute Gasteiger partial charge is 0.352 e. The second-order valence-electron chi connectivity index (χ2n) is 6.09. The van der Waals surface area contributed by atoms with Gasteiger partial charge in [-0.2, -0.15) is 0 Å². The summed E-state index contributed by atoms with van der Waals surface area (Å²) in [5, 5.41) is 3.55. The molecule has 0 aromatic heterocycles. The van der Waals surface area contributed by atoms with E-state index in [9.17, 15) is 9.59 Å². The monoisotopic (exact) mass is 342 g/mol. The van der Waals surface area contributed by atoms with Gasteiger partial charge in [0.15, 0.2) is 0 Å². The molecular weight excluding hydrogens is 324 g/mol. The molecule has 1 fully saturated rings. The van der Waals surface area contributed by atoms with Gasteiger partial charge < -0.3 is 10.2 Å². The summed E-state index contributed by atoms with van der Waals surface area (Å²) in [7, 11) is 0. The number of halogens is 1. The topological polar surface area (TPSA) is 49.4 Å². The minimum absolute atomic E-state index is 0.0342. The van der Waals surface area contributed by atoms with Crippen LogP contribution in [0.25, 0.3) is 0 Å². The summed E-state index contributed by atoms with van der Waals surface area (Å²) in [6.45, 7) is 2.90. The molecular formula is C19H19ClN2O2. The summed E-state index contributed by atoms with van der Waals surface area (Å²) in [4.78, 5) is 26.2. The summed E-state index contributed by atoms with van der Waals surface area (Å²) in [5.74, 6) is -0.438. The SMILES string of the molecule is Cc1cccc(CNC(=O)[C@@H]2CC(=O)N(c3ccc(Cl)cc3)C2)c1. The van der Waals surface area contributed by atoms with Crippen LogP contribution in [0, 0.1) is 12.8 Å². The number of nitrogens with zero attached hydrogens (tertiary/aromatic N) is 1. The molecule has 1 N–H and O–H groups in total. The lowest BCUT2D eigenvalue weighted by Gasteiger charge is -2.16. The zero-order valence-corrected chi connectivity index (χ0v) is 14.2. The molecule has 2 aromatic rings. The van der Waals surface area contributed by atoms with Crippen LogP contribution in [0.4, 0.5) is 5.69 Å². The molecule has 24 heavy (non-hydrogen) atoms. The van der Waals surface area contributed by atoms with Gasteiger partial charge in [-0.25, -0.2) is 0 Å². The molecule has 1 aliphatic rings. The van der Waals surface area contributed by atoms with Gasteiger partial charge in [0, 0.05) is 30.2 Å². The number of hydrogen-bond acceptors (Lipinski definition) is 2. The molecule has 0 bridgehead atoms. The third-order valence-electron chi connectivity index (χ3n) is 4.18. The summed E-state index contributed by atoms with van der Waals surface area (Å²) < 4.78 is 0. The molecule has 124 valence electrons. The standard InChI is InChI=1S/C19H19ClN2O2/c1-13-3-2-4-14(9-13)11-21-19(24)15-10-18(23)22(12-15)17-7-5-16(20)6-8-17/h2-9,15H,10-12H2,1H3,(H,21,24)/t15-/m1/s1. The van der Waals surface area contributed by atoms with E-state index in [0.29, 0.717) is 18.1 Å². The second kappa shape index (κ2) is 7.05. The van der Waals surface area contributed by atoms with Crippen molar-refractivity contribution in [3.8, 4) is 0 Å². The molecule has 0 saturated carbocycles. The third-order valence-corrected chi connectivity index (χ3v) is 4.44. The fraction of sp³-hybridized carbons (Fsp3) is 0.263. The van der Waals surface area contributed by atoms with E-state index in [1.807, 2.05) is 31.2 Å². The molecule has 4 nitrogen and oxygen atoms in total. The Morgan fingerprint density at radius 2 is 2.00 bits per heavy atom. The smallest absolute Gasteiger partial charge is 0.227 e. The number of carbonyl (C=O) groups excluding carboxylic acids is 2. The van der Waals surface area contributed by atoms with Crippen LogP contribution in [-0.4, -0.2) is 18.4 Å². The fourth-order valence-corrected chi connectivity index (χ4v) is 3.04. The molecule has 0 aliphatic carbocycles. The molecule has 0 unspecified atom stereocenters. The van der Waals surface area contributed by atoms with E-state index < -0.39 is 0 Å². The predicted molar refractivity (Wildman–Crippen MR) is 94.9 cm³/mol. The van der Waals surface area contributed by atoms with Crippen LogP contribution >= 0.6 is 11.6 Å². The van der Waals surface area contributed by atoms with E-state index in [1.54, 1.807) is 29.2 Å². The molecule has 5 heteroatoms. The number of carbonyl (C=O) groups is 2. The fourth-order valence-electron chi connectivity index (χ4n) is 2.91. The number of aryl methyl sites for hydroxylation is 1. The van der Waals surface area contributed by atoms with Gasteiger partial charge in [0.05, 0.1) is 5.92 Å². The van der Waals surface area contributed by atoms with Crippen molar-refractivity contribution in [3.63, 3.8) is 0 Å². The van der Waals surface area contributed by atoms with E-state index in [0.717, 1.165) is 16.8 Å². The van der Waals surface area contributed by atoms with E-state index in [4.69, 9.17) is 11.6 Å². The van der Waals surface area contributed by atoms with Gasteiger partial charge in [-0.05, 0) is 36.8 Å². The maximum absolute atomic E-state index is 12.4. The van der Waals surface area contributed by atoms with Crippen LogP contribution in [0.3, 0.4) is 0 Å². The van der Waals surface area contributed by atoms with Crippen molar-refractivity contribution in [2.75, 3.05) is 11.4 Å².